The Hall–Kier alpha value is -2.61. The predicted molar refractivity (Wildman–Crippen MR) is 90.3 cm³/mol. The van der Waals surface area contributed by atoms with Crippen LogP contribution in [0.4, 0.5) is 14.5 Å². The van der Waals surface area contributed by atoms with E-state index in [1.165, 1.54) is 20.4 Å². The molecule has 25 heavy (non-hydrogen) atoms. The molecule has 6 nitrogen and oxygen atoms in total. The Kier molecular flexibility index (Phi) is 4.63. The molecular formula is C16H15ClF2N4O2. The van der Waals surface area contributed by atoms with Gasteiger partial charge in [-0.25, -0.2) is 13.8 Å². The van der Waals surface area contributed by atoms with Crippen molar-refractivity contribution in [2.24, 2.45) is 7.05 Å². The first kappa shape index (κ1) is 17.2. The number of hydrogen-bond donors (Lipinski definition) is 1. The van der Waals surface area contributed by atoms with Crippen molar-refractivity contribution in [3.8, 4) is 11.5 Å². The van der Waals surface area contributed by atoms with E-state index in [-0.39, 0.29) is 23.7 Å². The van der Waals surface area contributed by atoms with Crippen molar-refractivity contribution >= 4 is 28.3 Å². The summed E-state index contributed by atoms with van der Waals surface area (Å²) in [6.07, 6.45) is 3.12. The van der Waals surface area contributed by atoms with Crippen molar-refractivity contribution in [2.75, 3.05) is 19.5 Å². The average molecular weight is 369 g/mol. The zero-order valence-electron chi connectivity index (χ0n) is 13.7. The van der Waals surface area contributed by atoms with Gasteiger partial charge in [0.15, 0.2) is 28.8 Å². The van der Waals surface area contributed by atoms with E-state index in [9.17, 15) is 8.78 Å². The van der Waals surface area contributed by atoms with Gasteiger partial charge in [0.05, 0.1) is 30.8 Å². The summed E-state index contributed by atoms with van der Waals surface area (Å²) >= 11 is 6.35. The third-order valence-corrected chi connectivity index (χ3v) is 4.24. The molecule has 0 bridgehead atoms. The van der Waals surface area contributed by atoms with E-state index in [1.54, 1.807) is 17.9 Å². The molecular weight excluding hydrogens is 354 g/mol. The van der Waals surface area contributed by atoms with Gasteiger partial charge in [-0.05, 0) is 0 Å². The molecule has 0 amide bonds. The molecule has 0 fully saturated rings. The lowest BCUT2D eigenvalue weighted by molar-refractivity contribution is 0.360. The number of rotatable bonds is 5. The van der Waals surface area contributed by atoms with Crippen LogP contribution >= 0.6 is 11.6 Å². The highest BCUT2D eigenvalue weighted by Crippen LogP contribution is 2.35. The highest BCUT2D eigenvalue weighted by atomic mass is 35.5. The van der Waals surface area contributed by atoms with Crippen LogP contribution in [0.5, 0.6) is 11.5 Å². The Morgan fingerprint density at radius 1 is 1.16 bits per heavy atom. The van der Waals surface area contributed by atoms with Gasteiger partial charge in [0.1, 0.15) is 5.69 Å². The van der Waals surface area contributed by atoms with Crippen molar-refractivity contribution in [3.63, 3.8) is 0 Å². The average Bonchev–Trinajstić information content (AvgIpc) is 2.98. The van der Waals surface area contributed by atoms with Crippen molar-refractivity contribution in [1.82, 2.24) is 14.8 Å². The summed E-state index contributed by atoms with van der Waals surface area (Å²) in [5.74, 6) is -1.97. The summed E-state index contributed by atoms with van der Waals surface area (Å²) in [6.45, 7) is 0.0564. The molecule has 2 aromatic heterocycles. The van der Waals surface area contributed by atoms with Crippen LogP contribution in [-0.4, -0.2) is 29.0 Å². The first-order valence-electron chi connectivity index (χ1n) is 7.26. The van der Waals surface area contributed by atoms with Crippen molar-refractivity contribution < 1.29 is 18.3 Å². The second-order valence-electron chi connectivity index (χ2n) is 5.24. The summed E-state index contributed by atoms with van der Waals surface area (Å²) in [5, 5.41) is 7.86. The van der Waals surface area contributed by atoms with Crippen molar-refractivity contribution in [1.29, 1.82) is 0 Å². The van der Waals surface area contributed by atoms with Crippen LogP contribution in [0.15, 0.2) is 18.5 Å². The molecule has 0 aliphatic carbocycles. The number of fused-ring (bicyclic) bond motifs is 1. The molecule has 0 radical (unpaired) electrons. The lowest BCUT2D eigenvalue weighted by Gasteiger charge is -2.14. The number of nitrogens with zero attached hydrogens (tertiary/aromatic N) is 3. The largest absolute Gasteiger partial charge is 0.493 e. The van der Waals surface area contributed by atoms with Gasteiger partial charge in [0.2, 0.25) is 0 Å². The van der Waals surface area contributed by atoms with E-state index < -0.39 is 11.6 Å². The normalized spacial score (nSPS) is 11.0. The van der Waals surface area contributed by atoms with E-state index >= 15 is 0 Å². The number of aromatic nitrogens is 3. The van der Waals surface area contributed by atoms with Gasteiger partial charge in [-0.2, -0.15) is 5.10 Å². The van der Waals surface area contributed by atoms with E-state index in [2.05, 4.69) is 15.4 Å². The topological polar surface area (TPSA) is 61.2 Å². The third kappa shape index (κ3) is 2.93. The van der Waals surface area contributed by atoms with Gasteiger partial charge in [-0.3, -0.25) is 4.68 Å². The maximum atomic E-state index is 14.4. The summed E-state index contributed by atoms with van der Waals surface area (Å²) in [6, 6.07) is 1.14. The molecule has 132 valence electrons. The van der Waals surface area contributed by atoms with Crippen LogP contribution in [0, 0.1) is 11.6 Å². The second kappa shape index (κ2) is 6.72. The maximum Gasteiger partial charge on any atom is 0.191 e. The number of nitrogens with one attached hydrogen (secondary N) is 1. The monoisotopic (exact) mass is 368 g/mol. The molecule has 2 heterocycles. The summed E-state index contributed by atoms with van der Waals surface area (Å²) in [4.78, 5) is 4.27. The minimum Gasteiger partial charge on any atom is -0.493 e. The van der Waals surface area contributed by atoms with Gasteiger partial charge >= 0.3 is 0 Å². The van der Waals surface area contributed by atoms with Gasteiger partial charge in [-0.1, -0.05) is 11.6 Å². The number of anilines is 1. The van der Waals surface area contributed by atoms with Gasteiger partial charge in [-0.15, -0.1) is 0 Å². The van der Waals surface area contributed by atoms with E-state index in [0.29, 0.717) is 21.6 Å². The van der Waals surface area contributed by atoms with Crippen LogP contribution in [0.3, 0.4) is 0 Å². The fourth-order valence-corrected chi connectivity index (χ4v) is 2.70. The summed E-state index contributed by atoms with van der Waals surface area (Å²) in [5.41, 5.74) is 0.829. The molecule has 0 aliphatic rings. The maximum absolute atomic E-state index is 14.4. The molecule has 0 aliphatic heterocycles. The number of ether oxygens (including phenoxy) is 2. The Bertz CT molecular complexity index is 918. The molecule has 0 spiro atoms. The van der Waals surface area contributed by atoms with Crippen LogP contribution in [0.2, 0.25) is 5.02 Å². The SMILES string of the molecule is COc1cc(OC)c(F)c(NCc2cnc3c(cnn3C)c2Cl)c1F. The van der Waals surface area contributed by atoms with Gasteiger partial charge in [0, 0.05) is 31.4 Å². The molecule has 0 saturated heterocycles. The van der Waals surface area contributed by atoms with Gasteiger partial charge in [0.25, 0.3) is 0 Å². The number of benzene rings is 1. The Labute approximate surface area is 147 Å². The molecule has 0 unspecified atom stereocenters. The Balaban J connectivity index is 1.95. The predicted octanol–water partition coefficient (Wildman–Crippen LogP) is 3.53. The lowest BCUT2D eigenvalue weighted by Crippen LogP contribution is -2.07. The Morgan fingerprint density at radius 2 is 1.80 bits per heavy atom. The van der Waals surface area contributed by atoms with Gasteiger partial charge < -0.3 is 14.8 Å². The van der Waals surface area contributed by atoms with Crippen molar-refractivity contribution in [3.05, 3.63) is 40.7 Å². The minimum atomic E-state index is -0.854. The van der Waals surface area contributed by atoms with E-state index in [0.717, 1.165) is 6.07 Å². The Morgan fingerprint density at radius 3 is 2.40 bits per heavy atom. The fourth-order valence-electron chi connectivity index (χ4n) is 2.46. The molecule has 1 aromatic carbocycles. The number of aryl methyl sites for hydroxylation is 1. The van der Waals surface area contributed by atoms with Crippen LogP contribution < -0.4 is 14.8 Å². The van der Waals surface area contributed by atoms with Crippen LogP contribution in [-0.2, 0) is 13.6 Å². The quantitative estimate of drug-likeness (QED) is 0.746. The molecule has 0 saturated carbocycles. The summed E-state index contributed by atoms with van der Waals surface area (Å²) < 4.78 is 40.1. The van der Waals surface area contributed by atoms with E-state index in [4.69, 9.17) is 21.1 Å². The van der Waals surface area contributed by atoms with E-state index in [1.807, 2.05) is 0 Å². The smallest absolute Gasteiger partial charge is 0.191 e. The first-order valence-corrected chi connectivity index (χ1v) is 7.64. The highest BCUT2D eigenvalue weighted by molar-refractivity contribution is 6.35. The fraction of sp³-hybridized carbons (Fsp3) is 0.250. The second-order valence-corrected chi connectivity index (χ2v) is 5.62. The number of hydrogen-bond acceptors (Lipinski definition) is 5. The molecule has 1 N–H and O–H groups in total. The minimum absolute atomic E-state index is 0.0564. The highest BCUT2D eigenvalue weighted by Gasteiger charge is 2.20. The first-order chi connectivity index (χ1) is 12.0. The molecule has 3 aromatic rings. The zero-order valence-corrected chi connectivity index (χ0v) is 14.5. The molecule has 0 atom stereocenters. The molecule has 9 heteroatoms. The lowest BCUT2D eigenvalue weighted by atomic mass is 10.2. The summed E-state index contributed by atoms with van der Waals surface area (Å²) in [7, 11) is 4.32. The number of methoxy groups -OCH3 is 2. The third-order valence-electron chi connectivity index (χ3n) is 3.80. The van der Waals surface area contributed by atoms with Crippen LogP contribution in [0.1, 0.15) is 5.56 Å². The standard InChI is InChI=1S/C16H15ClF2N4O2/c1-23-16-9(7-22-23)12(17)8(6-21-16)5-20-15-13(18)10(24-2)4-11(25-3)14(15)19/h4,6-7,20H,5H2,1-3H3. The number of pyridine rings is 1. The number of halogens is 3. The van der Waals surface area contributed by atoms with Crippen molar-refractivity contribution in [2.45, 2.75) is 6.54 Å². The van der Waals surface area contributed by atoms with Crippen LogP contribution in [0.25, 0.3) is 11.0 Å². The molecule has 3 rings (SSSR count). The zero-order chi connectivity index (χ0) is 18.1.